The van der Waals surface area contributed by atoms with Crippen molar-refractivity contribution in [3.63, 3.8) is 0 Å². The van der Waals surface area contributed by atoms with E-state index in [1.165, 1.54) is 10.9 Å². The summed E-state index contributed by atoms with van der Waals surface area (Å²) in [5.41, 5.74) is 2.30. The molecule has 2 heterocycles. The number of nitrogens with one attached hydrogen (secondary N) is 2. The van der Waals surface area contributed by atoms with Crippen LogP contribution in [-0.4, -0.2) is 26.8 Å². The molecule has 0 aliphatic rings. The highest BCUT2D eigenvalue weighted by molar-refractivity contribution is 5.82. The summed E-state index contributed by atoms with van der Waals surface area (Å²) in [5, 5.41) is 9.27. The van der Waals surface area contributed by atoms with Gasteiger partial charge in [0.1, 0.15) is 5.82 Å². The molecular formula is C15H19N5. The van der Waals surface area contributed by atoms with Crippen molar-refractivity contribution in [2.45, 2.75) is 25.9 Å². The lowest BCUT2D eigenvalue weighted by atomic mass is 10.1. The van der Waals surface area contributed by atoms with E-state index in [0.29, 0.717) is 0 Å². The van der Waals surface area contributed by atoms with Crippen LogP contribution in [0.1, 0.15) is 24.5 Å². The molecule has 104 valence electrons. The van der Waals surface area contributed by atoms with E-state index in [4.69, 9.17) is 5.10 Å². The van der Waals surface area contributed by atoms with Gasteiger partial charge in [-0.3, -0.25) is 4.68 Å². The van der Waals surface area contributed by atoms with Gasteiger partial charge >= 0.3 is 0 Å². The number of aryl methyl sites for hydroxylation is 1. The molecule has 1 atom stereocenters. The van der Waals surface area contributed by atoms with Crippen molar-refractivity contribution in [2.75, 3.05) is 7.05 Å². The highest BCUT2D eigenvalue weighted by Crippen LogP contribution is 2.22. The molecule has 3 rings (SSSR count). The van der Waals surface area contributed by atoms with E-state index >= 15 is 0 Å². The Morgan fingerprint density at radius 3 is 2.90 bits per heavy atom. The van der Waals surface area contributed by atoms with Gasteiger partial charge in [-0.2, -0.15) is 5.10 Å². The number of aromatic nitrogens is 4. The lowest BCUT2D eigenvalue weighted by molar-refractivity contribution is 0.549. The van der Waals surface area contributed by atoms with Crippen molar-refractivity contribution >= 4 is 10.9 Å². The third-order valence-electron chi connectivity index (χ3n) is 3.63. The minimum Gasteiger partial charge on any atom is -0.347 e. The number of likely N-dealkylation sites (N-methyl/N-ethyl adjacent to an activating group) is 1. The zero-order valence-electron chi connectivity index (χ0n) is 11.8. The van der Waals surface area contributed by atoms with Gasteiger partial charge in [-0.25, -0.2) is 4.98 Å². The van der Waals surface area contributed by atoms with Crippen molar-refractivity contribution in [1.82, 2.24) is 25.1 Å². The predicted molar refractivity (Wildman–Crippen MR) is 79.5 cm³/mol. The minimum atomic E-state index is 0.147. The Hall–Kier alpha value is -2.14. The standard InChI is InChI=1S/C15H19N5/c1-3-20-14-7-5-4-6-11(14)12(19-20)10-13(16-2)15-17-8-9-18-15/h4-9,13,16H,3,10H2,1-2H3,(H,17,18). The molecule has 0 aliphatic carbocycles. The summed E-state index contributed by atoms with van der Waals surface area (Å²) in [6.07, 6.45) is 4.45. The summed E-state index contributed by atoms with van der Waals surface area (Å²) in [6.45, 7) is 3.00. The number of benzene rings is 1. The van der Waals surface area contributed by atoms with E-state index < -0.39 is 0 Å². The van der Waals surface area contributed by atoms with Crippen molar-refractivity contribution in [1.29, 1.82) is 0 Å². The molecule has 5 nitrogen and oxygen atoms in total. The van der Waals surface area contributed by atoms with Gasteiger partial charge in [0.05, 0.1) is 17.3 Å². The normalized spacial score (nSPS) is 12.9. The molecule has 0 bridgehead atoms. The zero-order chi connectivity index (χ0) is 13.9. The molecule has 5 heteroatoms. The van der Waals surface area contributed by atoms with Crippen molar-refractivity contribution in [2.24, 2.45) is 0 Å². The van der Waals surface area contributed by atoms with Crippen molar-refractivity contribution in [3.05, 3.63) is 48.2 Å². The van der Waals surface area contributed by atoms with E-state index in [0.717, 1.165) is 24.5 Å². The van der Waals surface area contributed by atoms with Crippen LogP contribution in [-0.2, 0) is 13.0 Å². The molecule has 1 aromatic carbocycles. The van der Waals surface area contributed by atoms with Gasteiger partial charge in [-0.1, -0.05) is 18.2 Å². The molecular weight excluding hydrogens is 250 g/mol. The molecule has 0 amide bonds. The lowest BCUT2D eigenvalue weighted by Crippen LogP contribution is -2.20. The topological polar surface area (TPSA) is 58.5 Å². The highest BCUT2D eigenvalue weighted by atomic mass is 15.3. The van der Waals surface area contributed by atoms with Gasteiger partial charge in [-0.15, -0.1) is 0 Å². The fraction of sp³-hybridized carbons (Fsp3) is 0.333. The first kappa shape index (κ1) is 12.9. The summed E-state index contributed by atoms with van der Waals surface area (Å²) in [6, 6.07) is 8.53. The lowest BCUT2D eigenvalue weighted by Gasteiger charge is -2.12. The second-order valence-corrected chi connectivity index (χ2v) is 4.80. The number of hydrogen-bond acceptors (Lipinski definition) is 3. The van der Waals surface area contributed by atoms with Crippen LogP contribution in [0.4, 0.5) is 0 Å². The van der Waals surface area contributed by atoms with Crippen molar-refractivity contribution in [3.8, 4) is 0 Å². The summed E-state index contributed by atoms with van der Waals surface area (Å²) < 4.78 is 2.06. The van der Waals surface area contributed by atoms with Crippen LogP contribution >= 0.6 is 0 Å². The van der Waals surface area contributed by atoms with Gasteiger partial charge in [0.15, 0.2) is 0 Å². The fourth-order valence-electron chi connectivity index (χ4n) is 2.58. The molecule has 2 aromatic heterocycles. The molecule has 2 N–H and O–H groups in total. The monoisotopic (exact) mass is 269 g/mol. The van der Waals surface area contributed by atoms with Crippen LogP contribution in [0.25, 0.3) is 10.9 Å². The first-order valence-electron chi connectivity index (χ1n) is 6.94. The fourth-order valence-corrected chi connectivity index (χ4v) is 2.58. The number of para-hydroxylation sites is 1. The Kier molecular flexibility index (Phi) is 3.52. The Morgan fingerprint density at radius 1 is 1.35 bits per heavy atom. The summed E-state index contributed by atoms with van der Waals surface area (Å²) in [4.78, 5) is 7.51. The first-order valence-corrected chi connectivity index (χ1v) is 6.94. The quantitative estimate of drug-likeness (QED) is 0.747. The number of aromatic amines is 1. The molecule has 0 saturated heterocycles. The molecule has 20 heavy (non-hydrogen) atoms. The minimum absolute atomic E-state index is 0.147. The average molecular weight is 269 g/mol. The summed E-state index contributed by atoms with van der Waals surface area (Å²) in [5.74, 6) is 0.947. The third-order valence-corrected chi connectivity index (χ3v) is 3.63. The van der Waals surface area contributed by atoms with Gasteiger partial charge in [-0.05, 0) is 20.0 Å². The largest absolute Gasteiger partial charge is 0.347 e. The van der Waals surface area contributed by atoms with E-state index in [-0.39, 0.29) is 6.04 Å². The Morgan fingerprint density at radius 2 is 2.20 bits per heavy atom. The molecule has 3 aromatic rings. The predicted octanol–water partition coefficient (Wildman–Crippen LogP) is 2.28. The van der Waals surface area contributed by atoms with E-state index in [2.05, 4.69) is 51.2 Å². The number of H-pyrrole nitrogens is 1. The highest BCUT2D eigenvalue weighted by Gasteiger charge is 2.17. The van der Waals surface area contributed by atoms with E-state index in [1.807, 2.05) is 13.2 Å². The maximum absolute atomic E-state index is 4.74. The van der Waals surface area contributed by atoms with Gasteiger partial charge in [0.2, 0.25) is 0 Å². The Balaban J connectivity index is 1.98. The molecule has 0 spiro atoms. The van der Waals surface area contributed by atoms with Gasteiger partial charge in [0.25, 0.3) is 0 Å². The average Bonchev–Trinajstić information content (AvgIpc) is 3.13. The number of imidazole rings is 1. The van der Waals surface area contributed by atoms with E-state index in [1.54, 1.807) is 6.20 Å². The molecule has 1 unspecified atom stereocenters. The van der Waals surface area contributed by atoms with Crippen LogP contribution in [0, 0.1) is 0 Å². The third kappa shape index (κ3) is 2.20. The van der Waals surface area contributed by atoms with Gasteiger partial charge < -0.3 is 10.3 Å². The molecule has 0 aliphatic heterocycles. The van der Waals surface area contributed by atoms with Crippen LogP contribution < -0.4 is 5.32 Å². The molecule has 0 fully saturated rings. The number of fused-ring (bicyclic) bond motifs is 1. The van der Waals surface area contributed by atoms with Crippen LogP contribution in [0.15, 0.2) is 36.7 Å². The Bertz CT molecular complexity index is 683. The SMILES string of the molecule is CCn1nc(CC(NC)c2ncc[nH]2)c2ccccc21. The van der Waals surface area contributed by atoms with E-state index in [9.17, 15) is 0 Å². The Labute approximate surface area is 118 Å². The van der Waals surface area contributed by atoms with Crippen LogP contribution in [0.5, 0.6) is 0 Å². The summed E-state index contributed by atoms with van der Waals surface area (Å²) in [7, 11) is 1.95. The van der Waals surface area contributed by atoms with Crippen LogP contribution in [0.2, 0.25) is 0 Å². The second kappa shape index (κ2) is 5.46. The maximum Gasteiger partial charge on any atom is 0.123 e. The maximum atomic E-state index is 4.74. The zero-order valence-corrected chi connectivity index (χ0v) is 11.8. The van der Waals surface area contributed by atoms with Crippen LogP contribution in [0.3, 0.4) is 0 Å². The van der Waals surface area contributed by atoms with Gasteiger partial charge in [0, 0.05) is 30.7 Å². The smallest absolute Gasteiger partial charge is 0.123 e. The van der Waals surface area contributed by atoms with Crippen molar-refractivity contribution < 1.29 is 0 Å². The molecule has 0 saturated carbocycles. The first-order chi connectivity index (χ1) is 9.83. The number of rotatable bonds is 5. The number of nitrogens with zero attached hydrogens (tertiary/aromatic N) is 3. The molecule has 0 radical (unpaired) electrons. The second-order valence-electron chi connectivity index (χ2n) is 4.80. The number of hydrogen-bond donors (Lipinski definition) is 2. The summed E-state index contributed by atoms with van der Waals surface area (Å²) >= 11 is 0.